The molecule has 1 N–H and O–H groups in total. The molecular weight excluding hydrogens is 402 g/mol. The van der Waals surface area contributed by atoms with E-state index in [0.717, 1.165) is 4.90 Å². The van der Waals surface area contributed by atoms with Gasteiger partial charge in [0.25, 0.3) is 15.9 Å². The van der Waals surface area contributed by atoms with E-state index < -0.39 is 28.0 Å². The molecule has 1 atom stereocenters. The largest absolute Gasteiger partial charge is 0.449 e. The highest BCUT2D eigenvalue weighted by molar-refractivity contribution is 7.98. The van der Waals surface area contributed by atoms with Crippen molar-refractivity contribution in [2.45, 2.75) is 17.9 Å². The van der Waals surface area contributed by atoms with Gasteiger partial charge in [0.05, 0.1) is 11.4 Å². The van der Waals surface area contributed by atoms with Gasteiger partial charge in [-0.3, -0.25) is 4.79 Å². The molecule has 0 aliphatic carbocycles. The molecule has 2 heterocycles. The number of rotatable bonds is 5. The van der Waals surface area contributed by atoms with Crippen molar-refractivity contribution < 1.29 is 22.7 Å². The van der Waals surface area contributed by atoms with Crippen LogP contribution in [0.2, 0.25) is 0 Å². The first-order chi connectivity index (χ1) is 13.3. The first-order valence-electron chi connectivity index (χ1n) is 8.44. The maximum Gasteiger partial charge on any atom is 0.342 e. The molecule has 28 heavy (non-hydrogen) atoms. The average molecular weight is 422 g/mol. The zero-order valence-electron chi connectivity index (χ0n) is 15.3. The second kappa shape index (κ2) is 8.19. The van der Waals surface area contributed by atoms with E-state index in [1.807, 2.05) is 18.4 Å². The summed E-state index contributed by atoms with van der Waals surface area (Å²) in [5, 5.41) is 2.73. The molecular formula is C18H19N3O5S2. The predicted molar refractivity (Wildman–Crippen MR) is 108 cm³/mol. The fourth-order valence-electron chi connectivity index (χ4n) is 2.64. The normalized spacial score (nSPS) is 18.4. The Bertz CT molecular complexity index is 998. The number of allylic oxidation sites excluding steroid dienone is 2. The minimum atomic E-state index is -3.63. The second-order valence-electron chi connectivity index (χ2n) is 6.05. The Hall–Kier alpha value is -2.59. The van der Waals surface area contributed by atoms with Gasteiger partial charge in [0.1, 0.15) is 5.57 Å². The summed E-state index contributed by atoms with van der Waals surface area (Å²) in [6, 6.07) is 7.28. The summed E-state index contributed by atoms with van der Waals surface area (Å²) in [5.41, 5.74) is 0.617. The summed E-state index contributed by atoms with van der Waals surface area (Å²) in [4.78, 5) is 27.4. The Morgan fingerprint density at radius 1 is 1.32 bits per heavy atom. The van der Waals surface area contributed by atoms with Crippen molar-refractivity contribution in [3.63, 3.8) is 0 Å². The lowest BCUT2D eigenvalue weighted by atomic mass is 10.1. The van der Waals surface area contributed by atoms with Gasteiger partial charge in [-0.1, -0.05) is 12.1 Å². The summed E-state index contributed by atoms with van der Waals surface area (Å²) in [7, 11) is -3.63. The summed E-state index contributed by atoms with van der Waals surface area (Å²) in [5.74, 6) is -1.42. The van der Waals surface area contributed by atoms with Crippen LogP contribution in [0.4, 0.5) is 5.69 Å². The molecule has 0 aromatic heterocycles. The quantitative estimate of drug-likeness (QED) is 0.571. The molecule has 1 aromatic carbocycles. The third-order valence-electron chi connectivity index (χ3n) is 4.10. The van der Waals surface area contributed by atoms with Crippen LogP contribution in [0.3, 0.4) is 0 Å². The van der Waals surface area contributed by atoms with Gasteiger partial charge in [0.2, 0.25) is 0 Å². The van der Waals surface area contributed by atoms with Gasteiger partial charge in [-0.2, -0.15) is 0 Å². The third-order valence-corrected chi connectivity index (χ3v) is 6.04. The molecule has 1 aromatic rings. The lowest BCUT2D eigenvalue weighted by Gasteiger charge is -2.28. The molecule has 0 spiro atoms. The van der Waals surface area contributed by atoms with Gasteiger partial charge in [-0.05, 0) is 37.5 Å². The lowest BCUT2D eigenvalue weighted by Crippen LogP contribution is -2.41. The molecule has 2 aliphatic heterocycles. The van der Waals surface area contributed by atoms with Crippen molar-refractivity contribution in [1.82, 2.24) is 4.90 Å². The van der Waals surface area contributed by atoms with E-state index in [1.54, 1.807) is 29.3 Å². The highest BCUT2D eigenvalue weighted by Gasteiger charge is 2.32. The first-order valence-corrected chi connectivity index (χ1v) is 11.3. The van der Waals surface area contributed by atoms with Crippen molar-refractivity contribution in [2.24, 2.45) is 4.40 Å². The lowest BCUT2D eigenvalue weighted by molar-refractivity contribution is -0.148. The summed E-state index contributed by atoms with van der Waals surface area (Å²) < 4.78 is 32.5. The molecule has 2 aliphatic rings. The fourth-order valence-corrected chi connectivity index (χ4v) is 4.17. The molecule has 1 unspecified atom stereocenters. The van der Waals surface area contributed by atoms with E-state index in [4.69, 9.17) is 4.74 Å². The number of amides is 1. The number of hydrogen-bond donors (Lipinski definition) is 1. The molecule has 0 bridgehead atoms. The van der Waals surface area contributed by atoms with Crippen LogP contribution < -0.4 is 5.32 Å². The SMILES string of the molecule is CSc1ccccc1NC(=O)C(C)OC(=O)C1=CC=CN2CCS(=O)(=O)N=C12. The molecule has 0 saturated carbocycles. The smallest absolute Gasteiger partial charge is 0.342 e. The topological polar surface area (TPSA) is 105 Å². The molecule has 3 rings (SSSR count). The number of nitrogens with zero attached hydrogens (tertiary/aromatic N) is 2. The zero-order chi connectivity index (χ0) is 20.3. The predicted octanol–water partition coefficient (Wildman–Crippen LogP) is 1.78. The molecule has 0 radical (unpaired) electrons. The van der Waals surface area contributed by atoms with Crippen molar-refractivity contribution in [2.75, 3.05) is 23.9 Å². The standard InChI is InChI=1S/C18H19N3O5S2/c1-12(17(22)19-14-7-3-4-8-15(14)27-2)26-18(23)13-6-5-9-21-10-11-28(24,25)20-16(13)21/h3-9,12H,10-11H2,1-2H3,(H,19,22). The number of carbonyl (C=O) groups excluding carboxylic acids is 2. The maximum absolute atomic E-state index is 12.5. The van der Waals surface area contributed by atoms with E-state index in [9.17, 15) is 18.0 Å². The van der Waals surface area contributed by atoms with Gasteiger partial charge in [0, 0.05) is 17.6 Å². The molecule has 0 saturated heterocycles. The van der Waals surface area contributed by atoms with Crippen LogP contribution in [0.25, 0.3) is 0 Å². The molecule has 0 fully saturated rings. The average Bonchev–Trinajstić information content (AvgIpc) is 2.67. The number of para-hydroxylation sites is 1. The van der Waals surface area contributed by atoms with Crippen LogP contribution in [-0.4, -0.2) is 55.7 Å². The van der Waals surface area contributed by atoms with E-state index in [0.29, 0.717) is 5.69 Å². The van der Waals surface area contributed by atoms with Crippen LogP contribution in [-0.2, 0) is 24.3 Å². The van der Waals surface area contributed by atoms with E-state index in [-0.39, 0.29) is 23.7 Å². The number of ether oxygens (including phenoxy) is 1. The number of thioether (sulfide) groups is 1. The summed E-state index contributed by atoms with van der Waals surface area (Å²) in [6.07, 6.45) is 5.48. The monoisotopic (exact) mass is 421 g/mol. The summed E-state index contributed by atoms with van der Waals surface area (Å²) in [6.45, 7) is 1.65. The Morgan fingerprint density at radius 3 is 2.82 bits per heavy atom. The van der Waals surface area contributed by atoms with Crippen molar-refractivity contribution in [1.29, 1.82) is 0 Å². The van der Waals surface area contributed by atoms with Gasteiger partial charge >= 0.3 is 5.97 Å². The Balaban J connectivity index is 1.71. The second-order valence-corrected chi connectivity index (χ2v) is 8.66. The Kier molecular flexibility index (Phi) is 5.90. The highest BCUT2D eigenvalue weighted by Crippen LogP contribution is 2.25. The van der Waals surface area contributed by atoms with Crippen LogP contribution in [0.5, 0.6) is 0 Å². The number of amidine groups is 1. The number of benzene rings is 1. The molecule has 1 amide bonds. The number of carbonyl (C=O) groups is 2. The highest BCUT2D eigenvalue weighted by atomic mass is 32.2. The first kappa shape index (κ1) is 20.2. The van der Waals surface area contributed by atoms with Gasteiger partial charge in [-0.15, -0.1) is 16.2 Å². The molecule has 148 valence electrons. The van der Waals surface area contributed by atoms with Crippen molar-refractivity contribution in [3.8, 4) is 0 Å². The number of anilines is 1. The van der Waals surface area contributed by atoms with Gasteiger partial charge in [0.15, 0.2) is 11.9 Å². The Morgan fingerprint density at radius 2 is 2.07 bits per heavy atom. The number of esters is 1. The number of nitrogens with one attached hydrogen (secondary N) is 1. The third kappa shape index (κ3) is 4.45. The van der Waals surface area contributed by atoms with Crippen LogP contribution in [0, 0.1) is 0 Å². The van der Waals surface area contributed by atoms with Crippen LogP contribution >= 0.6 is 11.8 Å². The zero-order valence-corrected chi connectivity index (χ0v) is 16.9. The van der Waals surface area contributed by atoms with Crippen molar-refractivity contribution >= 4 is 45.2 Å². The molecule has 8 nitrogen and oxygen atoms in total. The minimum Gasteiger partial charge on any atom is -0.449 e. The minimum absolute atomic E-state index is 0.00469. The van der Waals surface area contributed by atoms with Crippen LogP contribution in [0.15, 0.2) is 57.5 Å². The number of fused-ring (bicyclic) bond motifs is 1. The number of sulfonamides is 1. The molecule has 10 heteroatoms. The van der Waals surface area contributed by atoms with E-state index >= 15 is 0 Å². The van der Waals surface area contributed by atoms with Gasteiger partial charge in [-0.25, -0.2) is 13.2 Å². The van der Waals surface area contributed by atoms with E-state index in [2.05, 4.69) is 9.71 Å². The van der Waals surface area contributed by atoms with Gasteiger partial charge < -0.3 is 15.0 Å². The van der Waals surface area contributed by atoms with Crippen molar-refractivity contribution in [3.05, 3.63) is 48.2 Å². The number of hydrogen-bond acceptors (Lipinski definition) is 7. The fraction of sp³-hybridized carbons (Fsp3) is 0.278. The van der Waals surface area contributed by atoms with E-state index in [1.165, 1.54) is 24.8 Å². The Labute approximate surface area is 167 Å². The summed E-state index contributed by atoms with van der Waals surface area (Å²) >= 11 is 1.48. The van der Waals surface area contributed by atoms with Crippen LogP contribution in [0.1, 0.15) is 6.92 Å². The maximum atomic E-state index is 12.5.